The largest absolute Gasteiger partial charge is 0.310 e. The van der Waals surface area contributed by atoms with Gasteiger partial charge >= 0.3 is 0 Å². The molecule has 1 aromatic carbocycles. The molecule has 3 heterocycles. The van der Waals surface area contributed by atoms with Crippen molar-refractivity contribution in [3.05, 3.63) is 59.3 Å². The molecule has 0 spiro atoms. The first-order valence-electron chi connectivity index (χ1n) is 11.9. The molecule has 0 atom stereocenters. The van der Waals surface area contributed by atoms with Gasteiger partial charge in [0.1, 0.15) is 5.82 Å². The Bertz CT molecular complexity index is 1150. The molecule has 0 unspecified atom stereocenters. The molecule has 0 saturated heterocycles. The second kappa shape index (κ2) is 10.1. The number of rotatable bonds is 10. The summed E-state index contributed by atoms with van der Waals surface area (Å²) in [6.07, 6.45) is 4.16. The molecule has 33 heavy (non-hydrogen) atoms. The molecule has 0 bridgehead atoms. The maximum absolute atomic E-state index is 4.84. The molecule has 8 heteroatoms. The zero-order chi connectivity index (χ0) is 23.4. The highest BCUT2D eigenvalue weighted by molar-refractivity contribution is 5.57. The Morgan fingerprint density at radius 2 is 1.79 bits per heavy atom. The molecule has 0 amide bonds. The Hall–Kier alpha value is -3.29. The number of aryl methyl sites for hydroxylation is 1. The minimum absolute atomic E-state index is 0.366. The summed E-state index contributed by atoms with van der Waals surface area (Å²) in [6, 6.07) is 12.9. The van der Waals surface area contributed by atoms with Crippen LogP contribution in [0.5, 0.6) is 0 Å². The van der Waals surface area contributed by atoms with Crippen LogP contribution in [0.2, 0.25) is 0 Å². The second-order valence-electron chi connectivity index (χ2n) is 9.35. The van der Waals surface area contributed by atoms with Gasteiger partial charge in [0.05, 0.1) is 12.2 Å². The summed E-state index contributed by atoms with van der Waals surface area (Å²) >= 11 is 0. The highest BCUT2D eigenvalue weighted by Gasteiger charge is 2.17. The van der Waals surface area contributed by atoms with Gasteiger partial charge in [-0.05, 0) is 58.5 Å². The molecule has 4 aromatic rings. The number of nitrogens with zero attached hydrogens (tertiary/aromatic N) is 7. The third kappa shape index (κ3) is 5.21. The first kappa shape index (κ1) is 22.9. The monoisotopic (exact) mass is 446 g/mol. The molecule has 4 rings (SSSR count). The zero-order valence-corrected chi connectivity index (χ0v) is 20.3. The van der Waals surface area contributed by atoms with Gasteiger partial charge in [0.2, 0.25) is 0 Å². The van der Waals surface area contributed by atoms with Crippen molar-refractivity contribution in [1.82, 2.24) is 40.0 Å². The van der Waals surface area contributed by atoms with E-state index in [0.29, 0.717) is 17.7 Å². The van der Waals surface area contributed by atoms with Crippen LogP contribution in [0.1, 0.15) is 76.3 Å². The number of H-pyrrole nitrogens is 1. The Kier molecular flexibility index (Phi) is 7.01. The van der Waals surface area contributed by atoms with Crippen molar-refractivity contribution in [1.29, 1.82) is 0 Å². The zero-order valence-electron chi connectivity index (χ0n) is 20.3. The van der Waals surface area contributed by atoms with Crippen LogP contribution in [0.25, 0.3) is 17.2 Å². The van der Waals surface area contributed by atoms with E-state index in [-0.39, 0.29) is 0 Å². The summed E-state index contributed by atoms with van der Waals surface area (Å²) in [4.78, 5) is 4.84. The highest BCUT2D eigenvalue weighted by atomic mass is 15.5. The van der Waals surface area contributed by atoms with Crippen molar-refractivity contribution in [2.24, 2.45) is 5.92 Å². The summed E-state index contributed by atoms with van der Waals surface area (Å²) in [7, 11) is 0. The van der Waals surface area contributed by atoms with Gasteiger partial charge in [0.15, 0.2) is 11.6 Å². The quantitative estimate of drug-likeness (QED) is 0.372. The van der Waals surface area contributed by atoms with Gasteiger partial charge in [-0.25, -0.2) is 14.8 Å². The maximum atomic E-state index is 4.84. The summed E-state index contributed by atoms with van der Waals surface area (Å²) < 4.78 is 4.31. The van der Waals surface area contributed by atoms with Crippen molar-refractivity contribution >= 4 is 0 Å². The lowest BCUT2D eigenvalue weighted by atomic mass is 10.1. The normalized spacial score (nSPS) is 11.7. The van der Waals surface area contributed by atoms with E-state index < -0.39 is 0 Å². The van der Waals surface area contributed by atoms with Crippen LogP contribution in [0.3, 0.4) is 0 Å². The van der Waals surface area contributed by atoms with E-state index >= 15 is 0 Å². The minimum Gasteiger partial charge on any atom is -0.310 e. The van der Waals surface area contributed by atoms with Crippen molar-refractivity contribution in [2.75, 3.05) is 0 Å². The lowest BCUT2D eigenvalue weighted by Crippen LogP contribution is -2.08. The van der Waals surface area contributed by atoms with Crippen LogP contribution in [-0.2, 0) is 19.4 Å². The van der Waals surface area contributed by atoms with E-state index in [2.05, 4.69) is 101 Å². The molecule has 0 aliphatic rings. The standard InChI is InChI=1S/C25H34N8/c1-6-7-8-24-26-23(15-17(2)3)29-32(24)16-19-9-11-20(12-10-19)33-21(18(4)5)13-14-22(33)25-27-30-31-28-25/h9-14,17-18H,6-8,15-16H2,1-5H3,(H,27,28,30,31). The molecule has 0 fully saturated rings. The predicted molar refractivity (Wildman–Crippen MR) is 129 cm³/mol. The van der Waals surface area contributed by atoms with E-state index in [4.69, 9.17) is 10.1 Å². The second-order valence-corrected chi connectivity index (χ2v) is 9.35. The van der Waals surface area contributed by atoms with Crippen LogP contribution < -0.4 is 0 Å². The topological polar surface area (TPSA) is 90.1 Å². The van der Waals surface area contributed by atoms with Crippen molar-refractivity contribution in [2.45, 2.75) is 72.8 Å². The number of tetrazole rings is 1. The Balaban J connectivity index is 1.62. The number of nitrogens with one attached hydrogen (secondary N) is 1. The molecule has 0 saturated carbocycles. The minimum atomic E-state index is 0.366. The highest BCUT2D eigenvalue weighted by Crippen LogP contribution is 2.28. The van der Waals surface area contributed by atoms with Crippen molar-refractivity contribution < 1.29 is 0 Å². The Labute approximate surface area is 195 Å². The number of aromatic amines is 1. The SMILES string of the molecule is CCCCc1nc(CC(C)C)nn1Cc1ccc(-n2c(-c3nnn[nH]3)ccc2C(C)C)cc1. The van der Waals surface area contributed by atoms with Crippen molar-refractivity contribution in [3.63, 3.8) is 0 Å². The van der Waals surface area contributed by atoms with Gasteiger partial charge in [-0.2, -0.15) is 5.10 Å². The fourth-order valence-electron chi connectivity index (χ4n) is 4.09. The number of aromatic nitrogens is 8. The van der Waals surface area contributed by atoms with E-state index in [1.165, 1.54) is 11.3 Å². The molecule has 3 aromatic heterocycles. The van der Waals surface area contributed by atoms with Crippen LogP contribution in [0.15, 0.2) is 36.4 Å². The average molecular weight is 447 g/mol. The van der Waals surface area contributed by atoms with Crippen LogP contribution in [0, 0.1) is 5.92 Å². The van der Waals surface area contributed by atoms with Crippen molar-refractivity contribution in [3.8, 4) is 17.2 Å². The summed E-state index contributed by atoms with van der Waals surface area (Å²) in [5.41, 5.74) is 4.46. The fourth-order valence-corrected chi connectivity index (χ4v) is 4.09. The molecule has 0 radical (unpaired) electrons. The Morgan fingerprint density at radius 3 is 2.42 bits per heavy atom. The first-order valence-corrected chi connectivity index (χ1v) is 11.9. The number of benzene rings is 1. The van der Waals surface area contributed by atoms with E-state index in [0.717, 1.165) is 55.3 Å². The third-order valence-electron chi connectivity index (χ3n) is 5.75. The summed E-state index contributed by atoms with van der Waals surface area (Å²) in [6.45, 7) is 11.7. The summed E-state index contributed by atoms with van der Waals surface area (Å²) in [5.74, 6) is 3.61. The third-order valence-corrected chi connectivity index (χ3v) is 5.75. The Morgan fingerprint density at radius 1 is 1.00 bits per heavy atom. The van der Waals surface area contributed by atoms with E-state index in [9.17, 15) is 0 Å². The van der Waals surface area contributed by atoms with Gasteiger partial charge in [-0.15, -0.1) is 5.10 Å². The predicted octanol–water partition coefficient (Wildman–Crippen LogP) is 4.96. The molecule has 1 N–H and O–H groups in total. The number of hydrogen-bond acceptors (Lipinski definition) is 5. The molecule has 0 aliphatic heterocycles. The van der Waals surface area contributed by atoms with Crippen LogP contribution in [-0.4, -0.2) is 40.0 Å². The number of unbranched alkanes of at least 4 members (excludes halogenated alkanes) is 1. The lowest BCUT2D eigenvalue weighted by molar-refractivity contribution is 0.592. The maximum Gasteiger partial charge on any atom is 0.196 e. The first-order chi connectivity index (χ1) is 16.0. The van der Waals surface area contributed by atoms with Gasteiger partial charge < -0.3 is 4.57 Å². The average Bonchev–Trinajstić information content (AvgIpc) is 3.52. The molecule has 174 valence electrons. The smallest absolute Gasteiger partial charge is 0.196 e. The van der Waals surface area contributed by atoms with Crippen LogP contribution >= 0.6 is 0 Å². The number of hydrogen-bond donors (Lipinski definition) is 1. The van der Waals surface area contributed by atoms with Gasteiger partial charge in [0.25, 0.3) is 0 Å². The van der Waals surface area contributed by atoms with E-state index in [1.807, 2.05) is 0 Å². The molecular formula is C25H34N8. The van der Waals surface area contributed by atoms with Gasteiger partial charge in [0, 0.05) is 24.2 Å². The molecule has 0 aliphatic carbocycles. The van der Waals surface area contributed by atoms with Gasteiger partial charge in [-0.1, -0.05) is 53.2 Å². The van der Waals surface area contributed by atoms with Crippen LogP contribution in [0.4, 0.5) is 0 Å². The fraction of sp³-hybridized carbons (Fsp3) is 0.480. The van der Waals surface area contributed by atoms with Gasteiger partial charge in [-0.3, -0.25) is 0 Å². The lowest BCUT2D eigenvalue weighted by Gasteiger charge is -2.15. The molecule has 8 nitrogen and oxygen atoms in total. The van der Waals surface area contributed by atoms with E-state index in [1.54, 1.807) is 0 Å². The summed E-state index contributed by atoms with van der Waals surface area (Å²) in [5, 5.41) is 19.3. The molecular weight excluding hydrogens is 412 g/mol.